The maximum absolute atomic E-state index is 11.6. The fraction of sp³-hybridized carbons (Fsp3) is 0.500. The molecule has 0 saturated heterocycles. The molecule has 0 bridgehead atoms. The first kappa shape index (κ1) is 17.2. The molecule has 0 amide bonds. The highest BCUT2D eigenvalue weighted by Gasteiger charge is 2.23. The fourth-order valence-electron chi connectivity index (χ4n) is 3.27. The molecule has 0 unspecified atom stereocenters. The molecule has 0 radical (unpaired) electrons. The summed E-state index contributed by atoms with van der Waals surface area (Å²) in [6.45, 7) is 2.61. The lowest BCUT2D eigenvalue weighted by molar-refractivity contribution is 0.324. The van der Waals surface area contributed by atoms with E-state index >= 15 is 0 Å². The summed E-state index contributed by atoms with van der Waals surface area (Å²) in [5, 5.41) is 4.65. The average molecular weight is 347 g/mol. The van der Waals surface area contributed by atoms with Crippen LogP contribution in [0.3, 0.4) is 0 Å². The number of rotatable bonds is 6. The smallest absolute Gasteiger partial charge is 0.211 e. The lowest BCUT2D eigenvalue weighted by Crippen LogP contribution is -2.39. The van der Waals surface area contributed by atoms with Crippen molar-refractivity contribution in [1.82, 2.24) is 9.71 Å². The Kier molecular flexibility index (Phi) is 5.36. The van der Waals surface area contributed by atoms with Gasteiger partial charge in [-0.05, 0) is 62.8 Å². The topological polar surface area (TPSA) is 71.1 Å². The van der Waals surface area contributed by atoms with E-state index in [0.717, 1.165) is 48.8 Å². The Bertz CT molecular complexity index is 784. The van der Waals surface area contributed by atoms with E-state index in [1.165, 1.54) is 0 Å². The third-order valence-corrected chi connectivity index (χ3v) is 6.22. The summed E-state index contributed by atoms with van der Waals surface area (Å²) in [5.41, 5.74) is 2.12. The van der Waals surface area contributed by atoms with Gasteiger partial charge in [0.2, 0.25) is 10.0 Å². The minimum absolute atomic E-state index is 0.109. The molecule has 1 aliphatic carbocycles. The normalized spacial score (nSPS) is 21.7. The van der Waals surface area contributed by atoms with Gasteiger partial charge in [0.25, 0.3) is 0 Å². The van der Waals surface area contributed by atoms with E-state index in [1.54, 1.807) is 13.1 Å². The summed E-state index contributed by atoms with van der Waals surface area (Å²) in [6, 6.07) is 10.4. The van der Waals surface area contributed by atoms with Crippen LogP contribution >= 0.6 is 0 Å². The van der Waals surface area contributed by atoms with Crippen LogP contribution in [0, 0.1) is 5.92 Å². The molecule has 1 fully saturated rings. The van der Waals surface area contributed by atoms with E-state index in [4.69, 9.17) is 0 Å². The molecule has 130 valence electrons. The maximum atomic E-state index is 11.6. The predicted molar refractivity (Wildman–Crippen MR) is 98.6 cm³/mol. The van der Waals surface area contributed by atoms with Gasteiger partial charge in [-0.3, -0.25) is 4.98 Å². The Morgan fingerprint density at radius 3 is 2.71 bits per heavy atom. The second-order valence-corrected chi connectivity index (χ2v) is 8.57. The van der Waals surface area contributed by atoms with Gasteiger partial charge in [-0.1, -0.05) is 6.07 Å². The van der Waals surface area contributed by atoms with Gasteiger partial charge >= 0.3 is 0 Å². The number of anilines is 1. The van der Waals surface area contributed by atoms with Crippen LogP contribution < -0.4 is 10.0 Å². The molecule has 0 atom stereocenters. The molecule has 1 saturated carbocycles. The van der Waals surface area contributed by atoms with E-state index in [2.05, 4.69) is 33.2 Å². The second kappa shape index (κ2) is 7.49. The molecule has 1 aromatic heterocycles. The highest BCUT2D eigenvalue weighted by molar-refractivity contribution is 7.89. The molecule has 5 nitrogen and oxygen atoms in total. The molecule has 1 aliphatic rings. The first-order chi connectivity index (χ1) is 11.6. The number of nitrogens with zero attached hydrogens (tertiary/aromatic N) is 1. The Morgan fingerprint density at radius 1 is 1.17 bits per heavy atom. The number of hydrogen-bond donors (Lipinski definition) is 2. The number of pyridine rings is 1. The van der Waals surface area contributed by atoms with Gasteiger partial charge in [-0.15, -0.1) is 0 Å². The standard InChI is InChI=1S/C18H25N3O2S/c1-2-24(22,23)21-16-7-5-14(6-8-16)13-20-17-9-10-18-15(12-17)4-3-11-19-18/h3-4,9-12,14,16,20-21H,2,5-8,13H2,1H3. The maximum Gasteiger partial charge on any atom is 0.211 e. The van der Waals surface area contributed by atoms with Crippen LogP contribution in [0.4, 0.5) is 5.69 Å². The van der Waals surface area contributed by atoms with Gasteiger partial charge in [0, 0.05) is 29.9 Å². The molecule has 2 N–H and O–H groups in total. The monoisotopic (exact) mass is 347 g/mol. The number of aromatic nitrogens is 1. The zero-order valence-electron chi connectivity index (χ0n) is 14.0. The van der Waals surface area contributed by atoms with Crippen LogP contribution in [0.5, 0.6) is 0 Å². The lowest BCUT2D eigenvalue weighted by Gasteiger charge is -2.29. The van der Waals surface area contributed by atoms with Crippen LogP contribution in [0.15, 0.2) is 36.5 Å². The van der Waals surface area contributed by atoms with Gasteiger partial charge in [0.05, 0.1) is 11.3 Å². The number of nitrogens with one attached hydrogen (secondary N) is 2. The molecule has 1 heterocycles. The lowest BCUT2D eigenvalue weighted by atomic mass is 9.86. The van der Waals surface area contributed by atoms with E-state index in [-0.39, 0.29) is 11.8 Å². The highest BCUT2D eigenvalue weighted by Crippen LogP contribution is 2.26. The van der Waals surface area contributed by atoms with Crippen molar-refractivity contribution < 1.29 is 8.42 Å². The van der Waals surface area contributed by atoms with Crippen molar-refractivity contribution in [3.63, 3.8) is 0 Å². The minimum atomic E-state index is -3.08. The Labute approximate surface area is 143 Å². The third kappa shape index (κ3) is 4.45. The first-order valence-electron chi connectivity index (χ1n) is 8.64. The molecule has 3 rings (SSSR count). The second-order valence-electron chi connectivity index (χ2n) is 6.53. The van der Waals surface area contributed by atoms with Crippen molar-refractivity contribution in [3.8, 4) is 0 Å². The Morgan fingerprint density at radius 2 is 1.96 bits per heavy atom. The molecule has 2 aromatic rings. The molecular weight excluding hydrogens is 322 g/mol. The number of fused-ring (bicyclic) bond motifs is 1. The van der Waals surface area contributed by atoms with Gasteiger partial charge in [-0.2, -0.15) is 0 Å². The first-order valence-corrected chi connectivity index (χ1v) is 10.3. The summed E-state index contributed by atoms with van der Waals surface area (Å²) in [6.07, 6.45) is 5.76. The van der Waals surface area contributed by atoms with Crippen LogP contribution in [-0.4, -0.2) is 31.7 Å². The summed E-state index contributed by atoms with van der Waals surface area (Å²) >= 11 is 0. The van der Waals surface area contributed by atoms with Crippen LogP contribution in [-0.2, 0) is 10.0 Å². The molecule has 24 heavy (non-hydrogen) atoms. The molecule has 0 aliphatic heterocycles. The third-order valence-electron chi connectivity index (χ3n) is 4.77. The number of sulfonamides is 1. The minimum Gasteiger partial charge on any atom is -0.385 e. The van der Waals surface area contributed by atoms with E-state index in [0.29, 0.717) is 5.92 Å². The SMILES string of the molecule is CCS(=O)(=O)NC1CCC(CNc2ccc3ncccc3c2)CC1. The van der Waals surface area contributed by atoms with E-state index in [1.807, 2.05) is 12.1 Å². The predicted octanol–water partition coefficient (Wildman–Crippen LogP) is 3.14. The summed E-state index contributed by atoms with van der Waals surface area (Å²) in [5.74, 6) is 0.752. The fourth-order valence-corrected chi connectivity index (χ4v) is 4.18. The largest absolute Gasteiger partial charge is 0.385 e. The van der Waals surface area contributed by atoms with Gasteiger partial charge in [0.15, 0.2) is 0 Å². The van der Waals surface area contributed by atoms with Crippen molar-refractivity contribution in [2.24, 2.45) is 5.92 Å². The van der Waals surface area contributed by atoms with Crippen molar-refractivity contribution >= 4 is 26.6 Å². The van der Waals surface area contributed by atoms with Crippen LogP contribution in [0.1, 0.15) is 32.6 Å². The van der Waals surface area contributed by atoms with Crippen molar-refractivity contribution in [2.75, 3.05) is 17.6 Å². The summed E-state index contributed by atoms with van der Waals surface area (Å²) in [4.78, 5) is 4.33. The Balaban J connectivity index is 1.49. The zero-order valence-corrected chi connectivity index (χ0v) is 14.8. The van der Waals surface area contributed by atoms with Gasteiger partial charge in [0.1, 0.15) is 0 Å². The molecule has 0 spiro atoms. The van der Waals surface area contributed by atoms with E-state index in [9.17, 15) is 8.42 Å². The van der Waals surface area contributed by atoms with Crippen molar-refractivity contribution in [1.29, 1.82) is 0 Å². The average Bonchev–Trinajstić information content (AvgIpc) is 2.61. The van der Waals surface area contributed by atoms with Crippen molar-refractivity contribution in [2.45, 2.75) is 38.6 Å². The van der Waals surface area contributed by atoms with Gasteiger partial charge < -0.3 is 5.32 Å². The Hall–Kier alpha value is -1.66. The quantitative estimate of drug-likeness (QED) is 0.842. The zero-order chi connectivity index (χ0) is 17.0. The summed E-state index contributed by atoms with van der Waals surface area (Å²) < 4.78 is 26.1. The molecule has 1 aromatic carbocycles. The van der Waals surface area contributed by atoms with Crippen molar-refractivity contribution in [3.05, 3.63) is 36.5 Å². The van der Waals surface area contributed by atoms with Gasteiger partial charge in [-0.25, -0.2) is 13.1 Å². The van der Waals surface area contributed by atoms with Crippen LogP contribution in [0.25, 0.3) is 10.9 Å². The summed E-state index contributed by atoms with van der Waals surface area (Å²) in [7, 11) is -3.08. The number of benzene rings is 1. The van der Waals surface area contributed by atoms with Crippen LogP contribution in [0.2, 0.25) is 0 Å². The molecule has 6 heteroatoms. The number of hydrogen-bond acceptors (Lipinski definition) is 4. The molecular formula is C18H25N3O2S. The highest BCUT2D eigenvalue weighted by atomic mass is 32.2. The van der Waals surface area contributed by atoms with E-state index < -0.39 is 10.0 Å².